The number of amides is 1. The summed E-state index contributed by atoms with van der Waals surface area (Å²) in [6.07, 6.45) is 0.906. The lowest BCUT2D eigenvalue weighted by Gasteiger charge is -2.51. The van der Waals surface area contributed by atoms with Gasteiger partial charge < -0.3 is 10.1 Å². The van der Waals surface area contributed by atoms with Crippen molar-refractivity contribution in [1.29, 1.82) is 0 Å². The zero-order valence-corrected chi connectivity index (χ0v) is 11.8. The monoisotopic (exact) mass is 265 g/mol. The highest BCUT2D eigenvalue weighted by atomic mass is 19.1. The molecule has 0 bridgehead atoms. The van der Waals surface area contributed by atoms with E-state index < -0.39 is 5.82 Å². The minimum atomic E-state index is -0.444. The Morgan fingerprint density at radius 3 is 2.74 bits per heavy atom. The van der Waals surface area contributed by atoms with Crippen LogP contribution in [0.15, 0.2) is 18.2 Å². The highest BCUT2D eigenvalue weighted by Gasteiger charge is 2.49. The number of carbonyl (C=O) groups excluding carboxylic acids is 1. The van der Waals surface area contributed by atoms with Gasteiger partial charge in [-0.15, -0.1) is 0 Å². The summed E-state index contributed by atoms with van der Waals surface area (Å²) in [7, 11) is 1.67. The van der Waals surface area contributed by atoms with Gasteiger partial charge in [0.1, 0.15) is 5.82 Å². The van der Waals surface area contributed by atoms with Crippen molar-refractivity contribution in [3.63, 3.8) is 0 Å². The van der Waals surface area contributed by atoms with Gasteiger partial charge in [-0.3, -0.25) is 4.79 Å². The number of halogens is 1. The van der Waals surface area contributed by atoms with Crippen LogP contribution in [0.3, 0.4) is 0 Å². The van der Waals surface area contributed by atoms with Gasteiger partial charge in [-0.25, -0.2) is 4.39 Å². The molecule has 2 atom stereocenters. The fourth-order valence-corrected chi connectivity index (χ4v) is 2.59. The van der Waals surface area contributed by atoms with E-state index in [0.29, 0.717) is 5.56 Å². The van der Waals surface area contributed by atoms with Crippen molar-refractivity contribution in [3.05, 3.63) is 35.1 Å². The van der Waals surface area contributed by atoms with E-state index in [-0.39, 0.29) is 29.0 Å². The normalized spacial score (nSPS) is 24.7. The Morgan fingerprint density at radius 1 is 1.47 bits per heavy atom. The van der Waals surface area contributed by atoms with E-state index in [1.54, 1.807) is 26.2 Å². The van der Waals surface area contributed by atoms with E-state index >= 15 is 0 Å². The number of benzene rings is 1. The highest BCUT2D eigenvalue weighted by Crippen LogP contribution is 2.42. The number of ether oxygens (including phenoxy) is 1. The number of hydrogen-bond acceptors (Lipinski definition) is 2. The molecule has 1 aromatic rings. The summed E-state index contributed by atoms with van der Waals surface area (Å²) in [4.78, 5) is 12.1. The maximum absolute atomic E-state index is 13.9. The van der Waals surface area contributed by atoms with Gasteiger partial charge in [0.25, 0.3) is 5.91 Å². The molecule has 19 heavy (non-hydrogen) atoms. The lowest BCUT2D eigenvalue weighted by molar-refractivity contribution is -0.0942. The minimum Gasteiger partial charge on any atom is -0.381 e. The Hall–Kier alpha value is -1.42. The number of hydrogen-bond donors (Lipinski definition) is 1. The van der Waals surface area contributed by atoms with Gasteiger partial charge in [-0.2, -0.15) is 0 Å². The van der Waals surface area contributed by atoms with E-state index in [1.165, 1.54) is 6.07 Å². The van der Waals surface area contributed by atoms with Gasteiger partial charge in [0.15, 0.2) is 0 Å². The number of rotatable bonds is 3. The molecule has 1 aliphatic carbocycles. The highest BCUT2D eigenvalue weighted by molar-refractivity contribution is 5.95. The van der Waals surface area contributed by atoms with Crippen LogP contribution in [-0.2, 0) is 4.74 Å². The first-order valence-electron chi connectivity index (χ1n) is 6.46. The van der Waals surface area contributed by atoms with Crippen LogP contribution in [0.25, 0.3) is 0 Å². The van der Waals surface area contributed by atoms with Gasteiger partial charge in [0.2, 0.25) is 0 Å². The van der Waals surface area contributed by atoms with E-state index in [0.717, 1.165) is 6.42 Å². The third-order valence-corrected chi connectivity index (χ3v) is 4.20. The summed E-state index contributed by atoms with van der Waals surface area (Å²) in [6, 6.07) is 4.87. The summed E-state index contributed by atoms with van der Waals surface area (Å²) >= 11 is 0. The Bertz CT molecular complexity index is 499. The molecule has 0 saturated heterocycles. The lowest BCUT2D eigenvalue weighted by atomic mass is 9.64. The van der Waals surface area contributed by atoms with Crippen molar-refractivity contribution in [2.45, 2.75) is 39.3 Å². The van der Waals surface area contributed by atoms with Crippen molar-refractivity contribution < 1.29 is 13.9 Å². The average Bonchev–Trinajstić information content (AvgIpc) is 2.37. The fourth-order valence-electron chi connectivity index (χ4n) is 2.59. The molecule has 1 aromatic carbocycles. The van der Waals surface area contributed by atoms with Gasteiger partial charge in [0, 0.05) is 18.6 Å². The van der Waals surface area contributed by atoms with Gasteiger partial charge >= 0.3 is 0 Å². The van der Waals surface area contributed by atoms with Crippen LogP contribution >= 0.6 is 0 Å². The maximum atomic E-state index is 13.9. The van der Waals surface area contributed by atoms with Crippen molar-refractivity contribution in [3.8, 4) is 0 Å². The van der Waals surface area contributed by atoms with E-state index in [9.17, 15) is 9.18 Å². The number of nitrogens with one attached hydrogen (secondary N) is 1. The summed E-state index contributed by atoms with van der Waals surface area (Å²) in [6.45, 7) is 5.74. The van der Waals surface area contributed by atoms with E-state index in [1.807, 2.05) is 13.8 Å². The van der Waals surface area contributed by atoms with Gasteiger partial charge in [-0.05, 0) is 25.0 Å². The Morgan fingerprint density at radius 2 is 2.16 bits per heavy atom. The molecular formula is C15H20FNO2. The van der Waals surface area contributed by atoms with Gasteiger partial charge in [-0.1, -0.05) is 26.0 Å². The lowest BCUT2D eigenvalue weighted by Crippen LogP contribution is -2.61. The molecule has 4 heteroatoms. The van der Waals surface area contributed by atoms with Crippen LogP contribution in [-0.4, -0.2) is 25.2 Å². The van der Waals surface area contributed by atoms with Crippen LogP contribution in [0, 0.1) is 18.2 Å². The average molecular weight is 265 g/mol. The fraction of sp³-hybridized carbons (Fsp3) is 0.533. The van der Waals surface area contributed by atoms with Gasteiger partial charge in [0.05, 0.1) is 11.7 Å². The summed E-state index contributed by atoms with van der Waals surface area (Å²) in [5.74, 6) is -0.797. The Kier molecular flexibility index (Phi) is 3.63. The topological polar surface area (TPSA) is 38.3 Å². The number of methoxy groups -OCH3 is 1. The molecule has 0 radical (unpaired) electrons. The summed E-state index contributed by atoms with van der Waals surface area (Å²) in [5, 5.41) is 2.90. The first-order valence-corrected chi connectivity index (χ1v) is 6.46. The van der Waals surface area contributed by atoms with Crippen molar-refractivity contribution >= 4 is 5.91 Å². The van der Waals surface area contributed by atoms with Crippen LogP contribution in [0.4, 0.5) is 4.39 Å². The molecular weight excluding hydrogens is 245 g/mol. The quantitative estimate of drug-likeness (QED) is 0.912. The van der Waals surface area contributed by atoms with Crippen molar-refractivity contribution in [2.75, 3.05) is 7.11 Å². The SMILES string of the molecule is COC1CC(NC(=O)c2cccc(C)c2F)C1(C)C. The first kappa shape index (κ1) is 14.0. The predicted octanol–water partition coefficient (Wildman–Crippen LogP) is 2.68. The Balaban J connectivity index is 2.09. The third kappa shape index (κ3) is 2.37. The van der Waals surface area contributed by atoms with E-state index in [2.05, 4.69) is 5.32 Å². The maximum Gasteiger partial charge on any atom is 0.254 e. The molecule has 1 fully saturated rings. The number of aryl methyl sites for hydroxylation is 1. The molecule has 1 saturated carbocycles. The zero-order valence-electron chi connectivity index (χ0n) is 11.8. The zero-order chi connectivity index (χ0) is 14.2. The standard InChI is InChI=1S/C15H20FNO2/c1-9-6-5-7-10(13(9)16)14(18)17-11-8-12(19-4)15(11,2)3/h5-7,11-12H,8H2,1-4H3,(H,17,18). The van der Waals surface area contributed by atoms with Crippen LogP contribution in [0.1, 0.15) is 36.2 Å². The predicted molar refractivity (Wildman–Crippen MR) is 71.6 cm³/mol. The molecule has 1 amide bonds. The minimum absolute atomic E-state index is 0.0184. The number of carbonyl (C=O) groups is 1. The molecule has 2 unspecified atom stereocenters. The smallest absolute Gasteiger partial charge is 0.254 e. The van der Waals surface area contributed by atoms with Crippen LogP contribution in [0.2, 0.25) is 0 Å². The Labute approximate surface area is 113 Å². The molecule has 0 spiro atoms. The van der Waals surface area contributed by atoms with E-state index in [4.69, 9.17) is 4.74 Å². The summed E-state index contributed by atoms with van der Waals surface area (Å²) < 4.78 is 19.2. The van der Waals surface area contributed by atoms with Crippen LogP contribution in [0.5, 0.6) is 0 Å². The second-order valence-electron chi connectivity index (χ2n) is 5.74. The molecule has 2 rings (SSSR count). The summed E-state index contributed by atoms with van der Waals surface area (Å²) in [5.41, 5.74) is 0.469. The molecule has 1 N–H and O–H groups in total. The molecule has 0 heterocycles. The van der Waals surface area contributed by atoms with Crippen molar-refractivity contribution in [1.82, 2.24) is 5.32 Å². The van der Waals surface area contributed by atoms with Crippen LogP contribution < -0.4 is 5.32 Å². The molecule has 1 aliphatic rings. The molecule has 3 nitrogen and oxygen atoms in total. The largest absolute Gasteiger partial charge is 0.381 e. The second-order valence-corrected chi connectivity index (χ2v) is 5.74. The first-order chi connectivity index (χ1) is 8.87. The molecule has 0 aromatic heterocycles. The second kappa shape index (κ2) is 4.93. The third-order valence-electron chi connectivity index (χ3n) is 4.20. The molecule has 0 aliphatic heterocycles. The molecule has 104 valence electrons. The van der Waals surface area contributed by atoms with Crippen molar-refractivity contribution in [2.24, 2.45) is 5.41 Å².